The Bertz CT molecular complexity index is 947. The number of carboxylic acid groups (broad SMARTS) is 1. The molecular weight excluding hydrogens is 338 g/mol. The third kappa shape index (κ3) is 5.42. The second kappa shape index (κ2) is 8.49. The third-order valence-electron chi connectivity index (χ3n) is 4.57. The molecule has 1 atom stereocenters. The summed E-state index contributed by atoms with van der Waals surface area (Å²) in [5, 5.41) is 14.3. The summed E-state index contributed by atoms with van der Waals surface area (Å²) >= 11 is 0. The number of carbonyl (C=O) groups is 2. The van der Waals surface area contributed by atoms with Crippen LogP contribution in [-0.2, 0) is 22.4 Å². The van der Waals surface area contributed by atoms with E-state index in [9.17, 15) is 14.7 Å². The van der Waals surface area contributed by atoms with E-state index < -0.39 is 12.0 Å². The number of hydrogen-bond donors (Lipinski definition) is 2. The summed E-state index contributed by atoms with van der Waals surface area (Å²) in [4.78, 5) is 23.6. The highest BCUT2D eigenvalue weighted by Gasteiger charge is 2.17. The zero-order valence-corrected chi connectivity index (χ0v) is 15.3. The van der Waals surface area contributed by atoms with E-state index >= 15 is 0 Å². The molecule has 0 aliphatic heterocycles. The molecule has 0 aromatic heterocycles. The molecule has 3 aromatic carbocycles. The van der Waals surface area contributed by atoms with Gasteiger partial charge >= 0.3 is 5.97 Å². The summed E-state index contributed by atoms with van der Waals surface area (Å²) in [5.41, 5.74) is 3.06. The Labute approximate surface area is 158 Å². The van der Waals surface area contributed by atoms with Gasteiger partial charge in [0.1, 0.15) is 0 Å². The van der Waals surface area contributed by atoms with E-state index in [0.717, 1.165) is 27.5 Å². The van der Waals surface area contributed by atoms with Gasteiger partial charge in [-0.2, -0.15) is 0 Å². The van der Waals surface area contributed by atoms with Crippen LogP contribution in [0.2, 0.25) is 0 Å². The van der Waals surface area contributed by atoms with Crippen LogP contribution in [0.15, 0.2) is 66.7 Å². The minimum absolute atomic E-state index is 0.105. The van der Waals surface area contributed by atoms with Gasteiger partial charge in [0.2, 0.25) is 5.91 Å². The Balaban J connectivity index is 1.69. The van der Waals surface area contributed by atoms with Crippen molar-refractivity contribution < 1.29 is 14.7 Å². The molecular formula is C23H23NO3. The molecule has 0 aliphatic rings. The molecule has 0 fully saturated rings. The first-order valence-corrected chi connectivity index (χ1v) is 9.04. The summed E-state index contributed by atoms with van der Waals surface area (Å²) < 4.78 is 0. The molecule has 3 aromatic rings. The molecule has 0 spiro atoms. The normalized spacial score (nSPS) is 11.9. The Morgan fingerprint density at radius 1 is 0.926 bits per heavy atom. The molecule has 0 saturated carbocycles. The van der Waals surface area contributed by atoms with Crippen LogP contribution in [0.4, 0.5) is 0 Å². The number of amides is 1. The van der Waals surface area contributed by atoms with Gasteiger partial charge in [-0.05, 0) is 35.2 Å². The minimum atomic E-state index is -0.920. The maximum atomic E-state index is 12.4. The second-order valence-electron chi connectivity index (χ2n) is 6.91. The average molecular weight is 361 g/mol. The molecule has 0 bridgehead atoms. The highest BCUT2D eigenvalue weighted by Crippen LogP contribution is 2.17. The molecule has 4 heteroatoms. The lowest BCUT2D eigenvalue weighted by molar-refractivity contribution is -0.137. The fraction of sp³-hybridized carbons (Fsp3) is 0.217. The fourth-order valence-electron chi connectivity index (χ4n) is 3.21. The SMILES string of the molecule is Cc1ccc(CC(=O)N[C@@H](CC(=O)O)Cc2ccc3ccccc3c2)cc1. The van der Waals surface area contributed by atoms with Crippen molar-refractivity contribution in [3.05, 3.63) is 83.4 Å². The van der Waals surface area contributed by atoms with Gasteiger partial charge in [0.05, 0.1) is 12.8 Å². The van der Waals surface area contributed by atoms with E-state index in [-0.39, 0.29) is 18.7 Å². The zero-order chi connectivity index (χ0) is 19.2. The number of fused-ring (bicyclic) bond motifs is 1. The lowest BCUT2D eigenvalue weighted by Crippen LogP contribution is -2.38. The third-order valence-corrected chi connectivity index (χ3v) is 4.57. The first kappa shape index (κ1) is 18.6. The highest BCUT2D eigenvalue weighted by molar-refractivity contribution is 5.83. The average Bonchev–Trinajstić information content (AvgIpc) is 2.63. The van der Waals surface area contributed by atoms with Crippen molar-refractivity contribution in [3.63, 3.8) is 0 Å². The Morgan fingerprint density at radius 2 is 1.59 bits per heavy atom. The molecule has 4 nitrogen and oxygen atoms in total. The van der Waals surface area contributed by atoms with Crippen LogP contribution >= 0.6 is 0 Å². The fourth-order valence-corrected chi connectivity index (χ4v) is 3.21. The van der Waals surface area contributed by atoms with E-state index in [1.165, 1.54) is 0 Å². The molecule has 0 radical (unpaired) electrons. The molecule has 0 saturated heterocycles. The van der Waals surface area contributed by atoms with Gasteiger partial charge in [-0.3, -0.25) is 9.59 Å². The first-order valence-electron chi connectivity index (χ1n) is 9.04. The number of benzene rings is 3. The predicted octanol–water partition coefficient (Wildman–Crippen LogP) is 3.89. The molecule has 0 aliphatic carbocycles. The van der Waals surface area contributed by atoms with E-state index in [4.69, 9.17) is 0 Å². The molecule has 1 amide bonds. The van der Waals surface area contributed by atoms with Crippen LogP contribution in [0, 0.1) is 6.92 Å². The largest absolute Gasteiger partial charge is 0.481 e. The number of carbonyl (C=O) groups excluding carboxylic acids is 1. The van der Waals surface area contributed by atoms with Crippen molar-refractivity contribution in [3.8, 4) is 0 Å². The molecule has 138 valence electrons. The van der Waals surface area contributed by atoms with Crippen LogP contribution in [0.3, 0.4) is 0 Å². The number of carboxylic acids is 1. The lowest BCUT2D eigenvalue weighted by Gasteiger charge is -2.17. The highest BCUT2D eigenvalue weighted by atomic mass is 16.4. The first-order chi connectivity index (χ1) is 13.0. The van der Waals surface area contributed by atoms with Gasteiger partial charge in [-0.25, -0.2) is 0 Å². The van der Waals surface area contributed by atoms with Crippen molar-refractivity contribution in [1.82, 2.24) is 5.32 Å². The molecule has 0 unspecified atom stereocenters. The van der Waals surface area contributed by atoms with Crippen LogP contribution in [-0.4, -0.2) is 23.0 Å². The number of hydrogen-bond acceptors (Lipinski definition) is 2. The van der Waals surface area contributed by atoms with Crippen molar-refractivity contribution >= 4 is 22.6 Å². The van der Waals surface area contributed by atoms with E-state index in [1.807, 2.05) is 67.6 Å². The van der Waals surface area contributed by atoms with Crippen LogP contribution in [0.1, 0.15) is 23.1 Å². The van der Waals surface area contributed by atoms with Crippen molar-refractivity contribution in [2.45, 2.75) is 32.2 Å². The van der Waals surface area contributed by atoms with Crippen LogP contribution < -0.4 is 5.32 Å². The second-order valence-corrected chi connectivity index (χ2v) is 6.91. The van der Waals surface area contributed by atoms with Crippen molar-refractivity contribution in [2.24, 2.45) is 0 Å². The van der Waals surface area contributed by atoms with Gasteiger partial charge in [-0.1, -0.05) is 72.3 Å². The number of aliphatic carboxylic acids is 1. The summed E-state index contributed by atoms with van der Waals surface area (Å²) in [7, 11) is 0. The van der Waals surface area contributed by atoms with Gasteiger partial charge in [-0.15, -0.1) is 0 Å². The summed E-state index contributed by atoms with van der Waals surface area (Å²) in [6, 6.07) is 21.4. The van der Waals surface area contributed by atoms with E-state index in [0.29, 0.717) is 6.42 Å². The Morgan fingerprint density at radius 3 is 2.30 bits per heavy atom. The van der Waals surface area contributed by atoms with Crippen LogP contribution in [0.5, 0.6) is 0 Å². The predicted molar refractivity (Wildman–Crippen MR) is 107 cm³/mol. The summed E-state index contributed by atoms with van der Waals surface area (Å²) in [6.45, 7) is 2.00. The van der Waals surface area contributed by atoms with Gasteiger partial charge in [0, 0.05) is 6.04 Å². The van der Waals surface area contributed by atoms with Crippen molar-refractivity contribution in [1.29, 1.82) is 0 Å². The smallest absolute Gasteiger partial charge is 0.305 e. The van der Waals surface area contributed by atoms with Crippen molar-refractivity contribution in [2.75, 3.05) is 0 Å². The number of aryl methyl sites for hydroxylation is 1. The molecule has 3 rings (SSSR count). The molecule has 27 heavy (non-hydrogen) atoms. The Hall–Kier alpha value is -3.14. The quantitative estimate of drug-likeness (QED) is 0.671. The molecule has 2 N–H and O–H groups in total. The van der Waals surface area contributed by atoms with Gasteiger partial charge < -0.3 is 10.4 Å². The van der Waals surface area contributed by atoms with Crippen LogP contribution in [0.25, 0.3) is 10.8 Å². The topological polar surface area (TPSA) is 66.4 Å². The number of nitrogens with one attached hydrogen (secondary N) is 1. The minimum Gasteiger partial charge on any atom is -0.481 e. The lowest BCUT2D eigenvalue weighted by atomic mass is 9.99. The van der Waals surface area contributed by atoms with E-state index in [2.05, 4.69) is 11.4 Å². The summed E-state index contributed by atoms with van der Waals surface area (Å²) in [5.74, 6) is -1.08. The monoisotopic (exact) mass is 361 g/mol. The molecule has 0 heterocycles. The summed E-state index contributed by atoms with van der Waals surface area (Å²) in [6.07, 6.45) is 0.622. The zero-order valence-electron chi connectivity index (χ0n) is 15.3. The standard InChI is InChI=1S/C23H23NO3/c1-16-6-8-17(9-7-16)14-22(25)24-21(15-23(26)27)13-18-10-11-19-4-2-3-5-20(19)12-18/h2-12,21H,13-15H2,1H3,(H,24,25)(H,26,27)/t21-/m1/s1. The maximum Gasteiger partial charge on any atom is 0.305 e. The Kier molecular flexibility index (Phi) is 5.87. The number of rotatable bonds is 7. The van der Waals surface area contributed by atoms with E-state index in [1.54, 1.807) is 0 Å². The maximum absolute atomic E-state index is 12.4. The van der Waals surface area contributed by atoms with Gasteiger partial charge in [0.25, 0.3) is 0 Å². The van der Waals surface area contributed by atoms with Gasteiger partial charge in [0.15, 0.2) is 0 Å².